The zero-order valence-electron chi connectivity index (χ0n) is 11.9. The molecule has 0 aromatic carbocycles. The van der Waals surface area contributed by atoms with Crippen LogP contribution in [0, 0.1) is 5.92 Å². The average molecular weight is 250 g/mol. The van der Waals surface area contributed by atoms with Crippen LogP contribution in [0.1, 0.15) is 38.3 Å². The zero-order chi connectivity index (χ0) is 13.0. The summed E-state index contributed by atoms with van der Waals surface area (Å²) in [5.41, 5.74) is 1.28. The molecule has 0 aliphatic carbocycles. The largest absolute Gasteiger partial charge is 0.310 e. The van der Waals surface area contributed by atoms with E-state index >= 15 is 0 Å². The van der Waals surface area contributed by atoms with Crippen molar-refractivity contribution < 1.29 is 0 Å². The predicted octanol–water partition coefficient (Wildman–Crippen LogP) is 1.80. The van der Waals surface area contributed by atoms with E-state index in [2.05, 4.69) is 35.4 Å². The van der Waals surface area contributed by atoms with Crippen molar-refractivity contribution in [3.8, 4) is 0 Å². The molecule has 18 heavy (non-hydrogen) atoms. The summed E-state index contributed by atoms with van der Waals surface area (Å²) in [6.07, 6.45) is 6.72. The summed E-state index contributed by atoms with van der Waals surface area (Å²) in [7, 11) is 1.97. The minimum absolute atomic E-state index is 0.405. The number of hydrogen-bond acceptors (Lipinski definition) is 3. The monoisotopic (exact) mass is 250 g/mol. The molecule has 1 fully saturated rings. The third-order valence-electron chi connectivity index (χ3n) is 4.09. The van der Waals surface area contributed by atoms with E-state index in [0.717, 1.165) is 12.5 Å². The number of aryl methyl sites for hydroxylation is 1. The minimum Gasteiger partial charge on any atom is -0.310 e. The van der Waals surface area contributed by atoms with Crippen LogP contribution >= 0.6 is 0 Å². The van der Waals surface area contributed by atoms with E-state index in [-0.39, 0.29) is 0 Å². The second-order valence-corrected chi connectivity index (χ2v) is 5.45. The molecular weight excluding hydrogens is 224 g/mol. The predicted molar refractivity (Wildman–Crippen MR) is 74.5 cm³/mol. The van der Waals surface area contributed by atoms with Crippen LogP contribution in [0.5, 0.6) is 0 Å². The Hall–Kier alpha value is -0.870. The van der Waals surface area contributed by atoms with E-state index in [1.807, 2.05) is 17.9 Å². The van der Waals surface area contributed by atoms with Crippen molar-refractivity contribution >= 4 is 0 Å². The molecule has 0 saturated carbocycles. The third-order valence-corrected chi connectivity index (χ3v) is 4.09. The number of nitrogens with zero attached hydrogens (tertiary/aromatic N) is 3. The van der Waals surface area contributed by atoms with Gasteiger partial charge in [0.05, 0.1) is 6.20 Å². The molecule has 4 heteroatoms. The van der Waals surface area contributed by atoms with Crippen LogP contribution in [0.4, 0.5) is 0 Å². The number of nitrogens with one attached hydrogen (secondary N) is 1. The van der Waals surface area contributed by atoms with E-state index < -0.39 is 0 Å². The Kier molecular flexibility index (Phi) is 4.78. The quantitative estimate of drug-likeness (QED) is 0.865. The Morgan fingerprint density at radius 2 is 2.17 bits per heavy atom. The van der Waals surface area contributed by atoms with Gasteiger partial charge in [-0.15, -0.1) is 0 Å². The Labute approximate surface area is 110 Å². The van der Waals surface area contributed by atoms with Crippen molar-refractivity contribution in [3.63, 3.8) is 0 Å². The molecule has 0 bridgehead atoms. The van der Waals surface area contributed by atoms with E-state index in [0.29, 0.717) is 6.04 Å². The van der Waals surface area contributed by atoms with E-state index in [9.17, 15) is 0 Å². The van der Waals surface area contributed by atoms with Gasteiger partial charge in [0.2, 0.25) is 0 Å². The maximum atomic E-state index is 4.22. The normalized spacial score (nSPS) is 20.2. The van der Waals surface area contributed by atoms with Crippen molar-refractivity contribution in [1.82, 2.24) is 20.0 Å². The fourth-order valence-corrected chi connectivity index (χ4v) is 2.63. The van der Waals surface area contributed by atoms with Gasteiger partial charge >= 0.3 is 0 Å². The van der Waals surface area contributed by atoms with Crippen molar-refractivity contribution in [1.29, 1.82) is 0 Å². The van der Waals surface area contributed by atoms with Crippen LogP contribution in [-0.2, 0) is 7.05 Å². The second kappa shape index (κ2) is 6.34. The molecule has 1 aliphatic heterocycles. The Bertz CT molecular complexity index is 352. The number of piperidine rings is 1. The van der Waals surface area contributed by atoms with Crippen molar-refractivity contribution in [2.45, 2.75) is 32.7 Å². The average Bonchev–Trinajstić information content (AvgIpc) is 2.83. The number of aromatic nitrogens is 2. The van der Waals surface area contributed by atoms with Crippen LogP contribution in [0.15, 0.2) is 12.4 Å². The molecule has 102 valence electrons. The molecule has 1 saturated heterocycles. The van der Waals surface area contributed by atoms with Gasteiger partial charge in [-0.3, -0.25) is 4.68 Å². The van der Waals surface area contributed by atoms with Crippen molar-refractivity contribution in [3.05, 3.63) is 18.0 Å². The lowest BCUT2D eigenvalue weighted by molar-refractivity contribution is 0.188. The smallest absolute Gasteiger partial charge is 0.0537 e. The summed E-state index contributed by atoms with van der Waals surface area (Å²) in [5.74, 6) is 0.840. The molecule has 2 rings (SSSR count). The molecule has 0 amide bonds. The summed E-state index contributed by atoms with van der Waals surface area (Å²) >= 11 is 0. The minimum atomic E-state index is 0.405. The maximum absolute atomic E-state index is 4.22. The molecule has 1 unspecified atom stereocenters. The molecule has 1 N–H and O–H groups in total. The number of hydrogen-bond donors (Lipinski definition) is 1. The molecule has 0 spiro atoms. The number of rotatable bonds is 5. The van der Waals surface area contributed by atoms with Crippen LogP contribution < -0.4 is 5.32 Å². The summed E-state index contributed by atoms with van der Waals surface area (Å²) in [4.78, 5) is 2.54. The molecule has 1 aliphatic rings. The van der Waals surface area contributed by atoms with Crippen LogP contribution in [0.2, 0.25) is 0 Å². The van der Waals surface area contributed by atoms with Gasteiger partial charge in [0.1, 0.15) is 0 Å². The topological polar surface area (TPSA) is 33.1 Å². The lowest BCUT2D eigenvalue weighted by Gasteiger charge is -2.31. The Morgan fingerprint density at radius 3 is 2.72 bits per heavy atom. The molecule has 4 nitrogen and oxygen atoms in total. The lowest BCUT2D eigenvalue weighted by Crippen LogP contribution is -2.37. The molecule has 1 aromatic heterocycles. The van der Waals surface area contributed by atoms with Crippen molar-refractivity contribution in [2.24, 2.45) is 13.0 Å². The molecule has 1 atom stereocenters. The van der Waals surface area contributed by atoms with Crippen LogP contribution in [0.3, 0.4) is 0 Å². The first kappa shape index (κ1) is 13.6. The van der Waals surface area contributed by atoms with E-state index in [1.54, 1.807) is 0 Å². The van der Waals surface area contributed by atoms with Gasteiger partial charge in [-0.2, -0.15) is 5.10 Å². The highest BCUT2D eigenvalue weighted by atomic mass is 15.2. The lowest BCUT2D eigenvalue weighted by atomic mass is 9.96. The second-order valence-electron chi connectivity index (χ2n) is 5.45. The van der Waals surface area contributed by atoms with E-state index in [4.69, 9.17) is 0 Å². The zero-order valence-corrected chi connectivity index (χ0v) is 11.9. The highest BCUT2D eigenvalue weighted by Crippen LogP contribution is 2.18. The van der Waals surface area contributed by atoms with Gasteiger partial charge in [-0.1, -0.05) is 6.92 Å². The van der Waals surface area contributed by atoms with Gasteiger partial charge in [0.25, 0.3) is 0 Å². The SMILES string of the molecule is CCN1CCC(CNC(C)c2cnn(C)c2)CC1. The fourth-order valence-electron chi connectivity index (χ4n) is 2.63. The summed E-state index contributed by atoms with van der Waals surface area (Å²) < 4.78 is 1.87. The highest BCUT2D eigenvalue weighted by molar-refractivity contribution is 5.08. The molecule has 1 aromatic rings. The van der Waals surface area contributed by atoms with Gasteiger partial charge in [0.15, 0.2) is 0 Å². The third kappa shape index (κ3) is 3.56. The summed E-state index contributed by atoms with van der Waals surface area (Å²) in [6, 6.07) is 0.405. The van der Waals surface area contributed by atoms with Crippen molar-refractivity contribution in [2.75, 3.05) is 26.2 Å². The van der Waals surface area contributed by atoms with Gasteiger partial charge < -0.3 is 10.2 Å². The standard InChI is InChI=1S/C14H26N4/c1-4-18-7-5-13(6-8-18)9-15-12(2)14-10-16-17(3)11-14/h10-13,15H,4-9H2,1-3H3. The first-order valence-electron chi connectivity index (χ1n) is 7.13. The first-order valence-corrected chi connectivity index (χ1v) is 7.13. The number of likely N-dealkylation sites (tertiary alicyclic amines) is 1. The van der Waals surface area contributed by atoms with Gasteiger partial charge in [-0.25, -0.2) is 0 Å². The molecular formula is C14H26N4. The summed E-state index contributed by atoms with van der Waals surface area (Å²) in [5, 5.41) is 7.87. The highest BCUT2D eigenvalue weighted by Gasteiger charge is 2.18. The maximum Gasteiger partial charge on any atom is 0.0537 e. The van der Waals surface area contributed by atoms with E-state index in [1.165, 1.54) is 38.0 Å². The van der Waals surface area contributed by atoms with Crippen LogP contribution in [0.25, 0.3) is 0 Å². The van der Waals surface area contributed by atoms with Gasteiger partial charge in [-0.05, 0) is 51.9 Å². The first-order chi connectivity index (χ1) is 8.69. The van der Waals surface area contributed by atoms with Crippen LogP contribution in [-0.4, -0.2) is 40.9 Å². The molecule has 0 radical (unpaired) electrons. The van der Waals surface area contributed by atoms with Gasteiger partial charge in [0, 0.05) is 24.8 Å². The molecule has 2 heterocycles. The Balaban J connectivity index is 1.72. The Morgan fingerprint density at radius 1 is 1.44 bits per heavy atom. The summed E-state index contributed by atoms with van der Waals surface area (Å²) in [6.45, 7) is 9.34. The fraction of sp³-hybridized carbons (Fsp3) is 0.786.